The summed E-state index contributed by atoms with van der Waals surface area (Å²) < 4.78 is 28.6. The van der Waals surface area contributed by atoms with Crippen LogP contribution in [0, 0.1) is 11.6 Å². The second-order valence-corrected chi connectivity index (χ2v) is 6.36. The Bertz CT molecular complexity index is 591. The van der Waals surface area contributed by atoms with E-state index in [0.717, 1.165) is 21.5 Å². The van der Waals surface area contributed by atoms with Crippen LogP contribution in [0.1, 0.15) is 15.9 Å². The molecule has 1 heterocycles. The zero-order chi connectivity index (χ0) is 14.0. The van der Waals surface area contributed by atoms with Gasteiger partial charge in [-0.1, -0.05) is 0 Å². The van der Waals surface area contributed by atoms with E-state index < -0.39 is 11.6 Å². The van der Waals surface area contributed by atoms with Gasteiger partial charge >= 0.3 is 0 Å². The Kier molecular flexibility index (Phi) is 4.31. The maximum absolute atomic E-state index is 13.8. The minimum Gasteiger partial charge on any atom is -0.365 e. The average molecular weight is 346 g/mol. The maximum atomic E-state index is 13.8. The highest BCUT2D eigenvalue weighted by Gasteiger charge is 2.16. The summed E-state index contributed by atoms with van der Waals surface area (Å²) in [4.78, 5) is 12.0. The second-order valence-electron chi connectivity index (χ2n) is 4.07. The van der Waals surface area contributed by atoms with E-state index in [1.54, 1.807) is 7.05 Å². The number of carbonyl (C=O) groups excluding carboxylic acids is 1. The number of nitrogens with zero attached hydrogens (tertiary/aromatic N) is 1. The third-order valence-corrected chi connectivity index (χ3v) is 4.15. The van der Waals surface area contributed by atoms with E-state index in [-0.39, 0.29) is 11.3 Å². The van der Waals surface area contributed by atoms with Gasteiger partial charge in [-0.25, -0.2) is 8.78 Å². The number of carbonyl (C=O) groups is 1. The molecule has 0 fully saturated rings. The summed E-state index contributed by atoms with van der Waals surface area (Å²) in [6, 6.07) is 3.97. The highest BCUT2D eigenvalue weighted by molar-refractivity contribution is 9.11. The van der Waals surface area contributed by atoms with E-state index >= 15 is 0 Å². The topological polar surface area (TPSA) is 20.3 Å². The fourth-order valence-corrected chi connectivity index (χ4v) is 3.00. The molecule has 1 aromatic carbocycles. The molecule has 0 saturated carbocycles. The fourth-order valence-electron chi connectivity index (χ4n) is 1.80. The van der Waals surface area contributed by atoms with E-state index in [2.05, 4.69) is 15.9 Å². The maximum Gasteiger partial charge on any atom is 0.150 e. The predicted molar refractivity (Wildman–Crippen MR) is 75.9 cm³/mol. The van der Waals surface area contributed by atoms with Gasteiger partial charge in [0, 0.05) is 19.2 Å². The van der Waals surface area contributed by atoms with Crippen molar-refractivity contribution in [2.24, 2.45) is 0 Å². The second kappa shape index (κ2) is 5.79. The number of benzene rings is 1. The van der Waals surface area contributed by atoms with Gasteiger partial charge in [0.05, 0.1) is 3.79 Å². The molecule has 0 aliphatic carbocycles. The number of anilines is 1. The van der Waals surface area contributed by atoms with Crippen molar-refractivity contribution in [3.05, 3.63) is 50.1 Å². The van der Waals surface area contributed by atoms with E-state index in [1.807, 2.05) is 11.4 Å². The van der Waals surface area contributed by atoms with E-state index in [4.69, 9.17) is 0 Å². The molecule has 1 aromatic heterocycles. The minimum absolute atomic E-state index is 0.00886. The molecule has 0 amide bonds. The summed E-state index contributed by atoms with van der Waals surface area (Å²) in [5.41, 5.74) is 0.816. The Labute approximate surface area is 121 Å². The van der Waals surface area contributed by atoms with Gasteiger partial charge in [0.25, 0.3) is 0 Å². The Morgan fingerprint density at radius 1 is 1.32 bits per heavy atom. The van der Waals surface area contributed by atoms with Gasteiger partial charge in [-0.3, -0.25) is 4.79 Å². The molecule has 0 spiro atoms. The first-order valence-corrected chi connectivity index (χ1v) is 7.07. The van der Waals surface area contributed by atoms with Crippen molar-refractivity contribution in [1.29, 1.82) is 0 Å². The van der Waals surface area contributed by atoms with E-state index in [0.29, 0.717) is 12.8 Å². The summed E-state index contributed by atoms with van der Waals surface area (Å²) >= 11 is 4.85. The number of rotatable bonds is 4. The van der Waals surface area contributed by atoms with Crippen LogP contribution < -0.4 is 4.90 Å². The number of hydrogen-bond acceptors (Lipinski definition) is 3. The SMILES string of the molecule is CN(Cc1csc(Br)c1)c1c(F)cc(C=O)cc1F. The first-order valence-electron chi connectivity index (χ1n) is 5.39. The Hall–Kier alpha value is -1.27. The lowest BCUT2D eigenvalue weighted by Crippen LogP contribution is -2.19. The van der Waals surface area contributed by atoms with Gasteiger partial charge < -0.3 is 4.90 Å². The minimum atomic E-state index is -0.737. The van der Waals surface area contributed by atoms with Gasteiger partial charge in [-0.05, 0) is 45.1 Å². The van der Waals surface area contributed by atoms with Crippen LogP contribution in [0.3, 0.4) is 0 Å². The molecular weight excluding hydrogens is 336 g/mol. The van der Waals surface area contributed by atoms with Crippen LogP contribution >= 0.6 is 27.3 Å². The molecule has 0 aliphatic rings. The molecule has 2 rings (SSSR count). The van der Waals surface area contributed by atoms with Crippen LogP contribution in [0.25, 0.3) is 0 Å². The van der Waals surface area contributed by atoms with Crippen molar-refractivity contribution in [2.45, 2.75) is 6.54 Å². The summed E-state index contributed by atoms with van der Waals surface area (Å²) in [5.74, 6) is -1.47. The first-order chi connectivity index (χ1) is 9.01. The standard InChI is InChI=1S/C13H10BrF2NOS/c1-17(5-9-4-12(14)19-7-9)13-10(15)2-8(6-18)3-11(13)16/h2-4,6-7H,5H2,1H3. The van der Waals surface area contributed by atoms with Crippen LogP contribution in [0.5, 0.6) is 0 Å². The smallest absolute Gasteiger partial charge is 0.150 e. The molecular formula is C13H10BrF2NOS. The van der Waals surface area contributed by atoms with Crippen molar-refractivity contribution in [3.8, 4) is 0 Å². The Morgan fingerprint density at radius 3 is 2.42 bits per heavy atom. The monoisotopic (exact) mass is 345 g/mol. The Morgan fingerprint density at radius 2 is 1.95 bits per heavy atom. The largest absolute Gasteiger partial charge is 0.365 e. The molecule has 0 unspecified atom stereocenters. The third-order valence-electron chi connectivity index (χ3n) is 2.60. The van der Waals surface area contributed by atoms with Gasteiger partial charge in [0.1, 0.15) is 23.6 Å². The lowest BCUT2D eigenvalue weighted by atomic mass is 10.2. The molecule has 100 valence electrons. The first kappa shape index (κ1) is 14.1. The molecule has 2 aromatic rings. The van der Waals surface area contributed by atoms with Crippen molar-refractivity contribution in [3.63, 3.8) is 0 Å². The molecule has 6 heteroatoms. The fraction of sp³-hybridized carbons (Fsp3) is 0.154. The lowest BCUT2D eigenvalue weighted by molar-refractivity contribution is 0.112. The summed E-state index contributed by atoms with van der Waals surface area (Å²) in [6.45, 7) is 0.385. The predicted octanol–water partition coefficient (Wildman–Crippen LogP) is 4.24. The van der Waals surface area contributed by atoms with Crippen molar-refractivity contribution in [1.82, 2.24) is 0 Å². The molecule has 0 radical (unpaired) electrons. The van der Waals surface area contributed by atoms with Gasteiger partial charge in [-0.2, -0.15) is 0 Å². The summed E-state index contributed by atoms with van der Waals surface area (Å²) in [7, 11) is 1.60. The third kappa shape index (κ3) is 3.19. The van der Waals surface area contributed by atoms with Crippen molar-refractivity contribution < 1.29 is 13.6 Å². The zero-order valence-electron chi connectivity index (χ0n) is 9.99. The van der Waals surface area contributed by atoms with Crippen LogP contribution in [-0.4, -0.2) is 13.3 Å². The summed E-state index contributed by atoms with van der Waals surface area (Å²) in [6.07, 6.45) is 0.423. The van der Waals surface area contributed by atoms with Crippen LogP contribution in [0.15, 0.2) is 27.4 Å². The molecule has 2 nitrogen and oxygen atoms in total. The van der Waals surface area contributed by atoms with E-state index in [1.165, 1.54) is 16.2 Å². The zero-order valence-corrected chi connectivity index (χ0v) is 12.4. The highest BCUT2D eigenvalue weighted by Crippen LogP contribution is 2.27. The van der Waals surface area contributed by atoms with Crippen LogP contribution in [-0.2, 0) is 6.54 Å². The number of halogens is 3. The highest BCUT2D eigenvalue weighted by atomic mass is 79.9. The lowest BCUT2D eigenvalue weighted by Gasteiger charge is -2.20. The molecule has 0 atom stereocenters. The molecule has 0 aliphatic heterocycles. The molecule has 0 saturated heterocycles. The van der Waals surface area contributed by atoms with Gasteiger partial charge in [0.2, 0.25) is 0 Å². The van der Waals surface area contributed by atoms with Crippen molar-refractivity contribution in [2.75, 3.05) is 11.9 Å². The van der Waals surface area contributed by atoms with Crippen LogP contribution in [0.4, 0.5) is 14.5 Å². The quantitative estimate of drug-likeness (QED) is 0.772. The van der Waals surface area contributed by atoms with Crippen LogP contribution in [0.2, 0.25) is 0 Å². The molecule has 0 bridgehead atoms. The van der Waals surface area contributed by atoms with Crippen molar-refractivity contribution >= 4 is 39.2 Å². The average Bonchev–Trinajstić information content (AvgIpc) is 2.73. The Balaban J connectivity index is 2.28. The summed E-state index contributed by atoms with van der Waals surface area (Å²) in [5, 5.41) is 1.91. The van der Waals surface area contributed by atoms with E-state index in [9.17, 15) is 13.6 Å². The number of hydrogen-bond donors (Lipinski definition) is 0. The molecule has 19 heavy (non-hydrogen) atoms. The number of thiophene rings is 1. The van der Waals surface area contributed by atoms with Gasteiger partial charge in [-0.15, -0.1) is 11.3 Å². The number of aldehydes is 1. The molecule has 0 N–H and O–H groups in total. The van der Waals surface area contributed by atoms with Gasteiger partial charge in [0.15, 0.2) is 0 Å². The normalized spacial score (nSPS) is 10.5.